The molecule has 1 aliphatic heterocycles. The summed E-state index contributed by atoms with van der Waals surface area (Å²) >= 11 is 6.11. The fourth-order valence-electron chi connectivity index (χ4n) is 2.30. The third kappa shape index (κ3) is 2.99. The van der Waals surface area contributed by atoms with Gasteiger partial charge in [-0.25, -0.2) is 4.79 Å². The third-order valence-electron chi connectivity index (χ3n) is 3.22. The Morgan fingerprint density at radius 3 is 2.55 bits per heavy atom. The van der Waals surface area contributed by atoms with Crippen LogP contribution in [0.4, 0.5) is 0 Å². The Morgan fingerprint density at radius 2 is 2.00 bits per heavy atom. The zero-order valence-corrected chi connectivity index (χ0v) is 12.5. The Kier molecular flexibility index (Phi) is 4.40. The molecule has 1 N–H and O–H groups in total. The maximum atomic E-state index is 11.2. The van der Waals surface area contributed by atoms with Crippen LogP contribution in [0.2, 0.25) is 5.02 Å². The second-order valence-electron chi connectivity index (χ2n) is 5.24. The van der Waals surface area contributed by atoms with Crippen LogP contribution >= 0.6 is 11.6 Å². The van der Waals surface area contributed by atoms with E-state index in [1.54, 1.807) is 6.92 Å². The smallest absolute Gasteiger partial charge is 0.336 e. The number of hydrogen-bond acceptors (Lipinski definition) is 4. The van der Waals surface area contributed by atoms with Gasteiger partial charge in [0.05, 0.1) is 23.8 Å². The average Bonchev–Trinajstić information content (AvgIpc) is 2.56. The molecule has 0 fully saturated rings. The highest BCUT2D eigenvalue weighted by Crippen LogP contribution is 2.41. The van der Waals surface area contributed by atoms with Crippen LogP contribution in [-0.2, 0) is 0 Å². The molecule has 20 heavy (non-hydrogen) atoms. The number of carboxylic acid groups (broad SMARTS) is 1. The molecule has 0 amide bonds. The molecule has 0 radical (unpaired) electrons. The van der Waals surface area contributed by atoms with Crippen LogP contribution in [-0.4, -0.2) is 49.8 Å². The molecule has 5 nitrogen and oxygen atoms in total. The summed E-state index contributed by atoms with van der Waals surface area (Å²) in [4.78, 5) is 13.3. The first-order valence-corrected chi connectivity index (χ1v) is 6.74. The molecule has 1 atom stereocenters. The Hall–Kier alpha value is -1.46. The quantitative estimate of drug-likeness (QED) is 0.928. The highest BCUT2D eigenvalue weighted by molar-refractivity contribution is 6.32. The van der Waals surface area contributed by atoms with E-state index in [9.17, 15) is 9.90 Å². The van der Waals surface area contributed by atoms with Crippen molar-refractivity contribution in [2.75, 3.05) is 33.9 Å². The molecule has 0 bridgehead atoms. The second kappa shape index (κ2) is 5.89. The molecule has 0 aliphatic carbocycles. The number of carbonyl (C=O) groups is 1. The minimum atomic E-state index is -1.02. The summed E-state index contributed by atoms with van der Waals surface area (Å²) < 4.78 is 11.5. The highest BCUT2D eigenvalue weighted by atomic mass is 35.5. The summed E-state index contributed by atoms with van der Waals surface area (Å²) in [7, 11) is 3.97. The van der Waals surface area contributed by atoms with Crippen molar-refractivity contribution in [2.24, 2.45) is 5.92 Å². The number of rotatable bonds is 3. The van der Waals surface area contributed by atoms with E-state index in [1.165, 1.54) is 6.07 Å². The lowest BCUT2D eigenvalue weighted by Gasteiger charge is -2.17. The van der Waals surface area contributed by atoms with Gasteiger partial charge in [-0.3, -0.25) is 0 Å². The SMILES string of the molecule is Cc1c(C(=O)O)cc(Cl)c2c1OCC(CN(C)C)CO2. The molecule has 2 rings (SSSR count). The zero-order chi connectivity index (χ0) is 14.9. The largest absolute Gasteiger partial charge is 0.489 e. The van der Waals surface area contributed by atoms with Crippen molar-refractivity contribution < 1.29 is 19.4 Å². The number of aromatic carboxylic acids is 1. The molecular weight excluding hydrogens is 282 g/mol. The van der Waals surface area contributed by atoms with Crippen molar-refractivity contribution in [1.82, 2.24) is 4.90 Å². The maximum Gasteiger partial charge on any atom is 0.336 e. The standard InChI is InChI=1S/C14H18ClNO4/c1-8-10(14(17)18)4-11(15)13-12(8)19-6-9(7-20-13)5-16(2)3/h4,9H,5-7H2,1-3H3,(H,17,18). The number of halogens is 1. The normalized spacial score (nSPS) is 17.9. The topological polar surface area (TPSA) is 59.0 Å². The van der Waals surface area contributed by atoms with E-state index < -0.39 is 5.97 Å². The van der Waals surface area contributed by atoms with Crippen LogP contribution in [0.3, 0.4) is 0 Å². The van der Waals surface area contributed by atoms with Gasteiger partial charge in [0.2, 0.25) is 0 Å². The van der Waals surface area contributed by atoms with E-state index in [1.807, 2.05) is 14.1 Å². The highest BCUT2D eigenvalue weighted by Gasteiger charge is 2.25. The Bertz CT molecular complexity index is 530. The first-order chi connectivity index (χ1) is 9.40. The molecule has 0 saturated heterocycles. The maximum absolute atomic E-state index is 11.2. The minimum Gasteiger partial charge on any atom is -0.489 e. The Morgan fingerprint density at radius 1 is 1.40 bits per heavy atom. The number of ether oxygens (including phenoxy) is 2. The van der Waals surface area contributed by atoms with Crippen molar-refractivity contribution in [3.05, 3.63) is 22.2 Å². The summed E-state index contributed by atoms with van der Waals surface area (Å²) in [5.74, 6) is 0.0672. The third-order valence-corrected chi connectivity index (χ3v) is 3.50. The van der Waals surface area contributed by atoms with Crippen LogP contribution in [0.5, 0.6) is 11.5 Å². The molecule has 1 unspecified atom stereocenters. The fourth-order valence-corrected chi connectivity index (χ4v) is 2.55. The first kappa shape index (κ1) is 14.9. The number of fused-ring (bicyclic) bond motifs is 1. The van der Waals surface area contributed by atoms with Crippen molar-refractivity contribution in [2.45, 2.75) is 6.92 Å². The molecule has 1 aliphatic rings. The number of hydrogen-bond donors (Lipinski definition) is 1. The van der Waals surface area contributed by atoms with Crippen LogP contribution < -0.4 is 9.47 Å². The predicted molar refractivity (Wildman–Crippen MR) is 76.2 cm³/mol. The fraction of sp³-hybridized carbons (Fsp3) is 0.500. The van der Waals surface area contributed by atoms with E-state index in [2.05, 4.69) is 4.90 Å². The summed E-state index contributed by atoms with van der Waals surface area (Å²) in [6.07, 6.45) is 0. The van der Waals surface area contributed by atoms with E-state index in [4.69, 9.17) is 21.1 Å². The predicted octanol–water partition coefficient (Wildman–Crippen LogP) is 2.30. The zero-order valence-electron chi connectivity index (χ0n) is 11.8. The van der Waals surface area contributed by atoms with Crippen molar-refractivity contribution in [3.63, 3.8) is 0 Å². The molecule has 1 aromatic carbocycles. The lowest BCUT2D eigenvalue weighted by Crippen LogP contribution is -2.29. The molecule has 0 saturated carbocycles. The minimum absolute atomic E-state index is 0.142. The molecule has 0 spiro atoms. The van der Waals surface area contributed by atoms with Crippen LogP contribution in [0.1, 0.15) is 15.9 Å². The lowest BCUT2D eigenvalue weighted by molar-refractivity contribution is 0.0695. The van der Waals surface area contributed by atoms with Gasteiger partial charge in [-0.2, -0.15) is 0 Å². The van der Waals surface area contributed by atoms with E-state index in [-0.39, 0.29) is 16.5 Å². The molecule has 1 aromatic rings. The van der Waals surface area contributed by atoms with Crippen molar-refractivity contribution in [3.8, 4) is 11.5 Å². The average molecular weight is 300 g/mol. The summed E-state index contributed by atoms with van der Waals surface area (Å²) in [6.45, 7) is 3.51. The van der Waals surface area contributed by atoms with Gasteiger partial charge in [0.25, 0.3) is 0 Å². The van der Waals surface area contributed by atoms with Crippen LogP contribution in [0.15, 0.2) is 6.07 Å². The second-order valence-corrected chi connectivity index (χ2v) is 5.65. The van der Waals surface area contributed by atoms with Gasteiger partial charge < -0.3 is 19.5 Å². The number of nitrogens with zero attached hydrogens (tertiary/aromatic N) is 1. The summed E-state index contributed by atoms with van der Waals surface area (Å²) in [6, 6.07) is 1.41. The van der Waals surface area contributed by atoms with Gasteiger partial charge in [0.15, 0.2) is 11.5 Å². The Balaban J connectivity index is 2.33. The van der Waals surface area contributed by atoms with Crippen molar-refractivity contribution >= 4 is 17.6 Å². The molecular formula is C14H18ClNO4. The van der Waals surface area contributed by atoms with Gasteiger partial charge in [0, 0.05) is 18.0 Å². The van der Waals surface area contributed by atoms with Gasteiger partial charge in [0.1, 0.15) is 0 Å². The number of carboxylic acids is 1. The summed E-state index contributed by atoms with van der Waals surface area (Å²) in [5, 5.41) is 9.44. The molecule has 0 aromatic heterocycles. The van der Waals surface area contributed by atoms with Crippen molar-refractivity contribution in [1.29, 1.82) is 0 Å². The van der Waals surface area contributed by atoms with Crippen LogP contribution in [0.25, 0.3) is 0 Å². The van der Waals surface area contributed by atoms with Gasteiger partial charge >= 0.3 is 5.97 Å². The molecule has 110 valence electrons. The van der Waals surface area contributed by atoms with Crippen LogP contribution in [0, 0.1) is 12.8 Å². The first-order valence-electron chi connectivity index (χ1n) is 6.37. The number of benzene rings is 1. The molecule has 1 heterocycles. The van der Waals surface area contributed by atoms with E-state index >= 15 is 0 Å². The van der Waals surface area contributed by atoms with E-state index in [0.717, 1.165) is 6.54 Å². The van der Waals surface area contributed by atoms with Gasteiger partial charge in [-0.05, 0) is 27.1 Å². The van der Waals surface area contributed by atoms with Gasteiger partial charge in [-0.15, -0.1) is 0 Å². The monoisotopic (exact) mass is 299 g/mol. The Labute approximate surface area is 123 Å². The van der Waals surface area contributed by atoms with Gasteiger partial charge in [-0.1, -0.05) is 11.6 Å². The summed E-state index contributed by atoms with van der Waals surface area (Å²) in [5.41, 5.74) is 0.686. The lowest BCUT2D eigenvalue weighted by atomic mass is 10.1. The van der Waals surface area contributed by atoms with E-state index in [0.29, 0.717) is 30.3 Å². The molecule has 6 heteroatoms.